The van der Waals surface area contributed by atoms with Crippen molar-refractivity contribution in [3.63, 3.8) is 0 Å². The number of benzene rings is 1. The van der Waals surface area contributed by atoms with Crippen LogP contribution in [-0.4, -0.2) is 5.91 Å². The average molecular weight is 412 g/mol. The number of nitriles is 1. The van der Waals surface area contributed by atoms with Crippen LogP contribution in [0.15, 0.2) is 50.2 Å². The fourth-order valence-corrected chi connectivity index (χ4v) is 3.06. The standard InChI is InChI=1S/C14H8Br2N2OS/c15-10-1-3-11(4-2-10)18-14(19)9(8-17)7-12-5-6-13(16)20-12/h1-7H,(H,18,19)/b9-7-. The zero-order valence-corrected chi connectivity index (χ0v) is 14.0. The van der Waals surface area contributed by atoms with Crippen molar-refractivity contribution in [2.45, 2.75) is 0 Å². The molecule has 6 heteroatoms. The first-order valence-electron chi connectivity index (χ1n) is 5.52. The molecule has 0 fully saturated rings. The highest BCUT2D eigenvalue weighted by atomic mass is 79.9. The number of anilines is 1. The van der Waals surface area contributed by atoms with E-state index in [-0.39, 0.29) is 5.57 Å². The second kappa shape index (κ2) is 6.84. The normalized spacial score (nSPS) is 10.9. The van der Waals surface area contributed by atoms with Crippen molar-refractivity contribution in [2.24, 2.45) is 0 Å². The summed E-state index contributed by atoms with van der Waals surface area (Å²) in [7, 11) is 0. The monoisotopic (exact) mass is 410 g/mol. The Morgan fingerprint density at radius 3 is 2.45 bits per heavy atom. The number of halogens is 2. The summed E-state index contributed by atoms with van der Waals surface area (Å²) in [6.45, 7) is 0. The Labute approximate surface area is 137 Å². The molecule has 3 nitrogen and oxygen atoms in total. The van der Waals surface area contributed by atoms with Gasteiger partial charge < -0.3 is 5.32 Å². The Kier molecular flexibility index (Phi) is 5.12. The van der Waals surface area contributed by atoms with Crippen molar-refractivity contribution < 1.29 is 4.79 Å². The number of hydrogen-bond donors (Lipinski definition) is 1. The molecule has 20 heavy (non-hydrogen) atoms. The van der Waals surface area contributed by atoms with E-state index in [9.17, 15) is 4.79 Å². The van der Waals surface area contributed by atoms with Crippen LogP contribution in [0.1, 0.15) is 4.88 Å². The lowest BCUT2D eigenvalue weighted by molar-refractivity contribution is -0.112. The highest BCUT2D eigenvalue weighted by Crippen LogP contribution is 2.24. The van der Waals surface area contributed by atoms with E-state index in [1.165, 1.54) is 11.3 Å². The summed E-state index contributed by atoms with van der Waals surface area (Å²) in [5.74, 6) is -0.417. The SMILES string of the molecule is N#C/C(=C/c1ccc(Br)s1)C(=O)Nc1ccc(Br)cc1. The van der Waals surface area contributed by atoms with Crippen molar-refractivity contribution in [1.82, 2.24) is 0 Å². The van der Waals surface area contributed by atoms with Gasteiger partial charge in [0, 0.05) is 15.0 Å². The van der Waals surface area contributed by atoms with Gasteiger partial charge >= 0.3 is 0 Å². The van der Waals surface area contributed by atoms with E-state index in [1.54, 1.807) is 18.2 Å². The third-order valence-corrected chi connectivity index (χ3v) is 4.45. The zero-order chi connectivity index (χ0) is 14.5. The first kappa shape index (κ1) is 15.0. The number of nitrogens with one attached hydrogen (secondary N) is 1. The predicted molar refractivity (Wildman–Crippen MR) is 88.4 cm³/mol. The van der Waals surface area contributed by atoms with Crippen molar-refractivity contribution in [3.05, 3.63) is 55.1 Å². The van der Waals surface area contributed by atoms with Gasteiger partial charge in [-0.25, -0.2) is 0 Å². The molecule has 1 aromatic carbocycles. The molecule has 1 heterocycles. The molecule has 0 unspecified atom stereocenters. The van der Waals surface area contributed by atoms with E-state index in [1.807, 2.05) is 30.3 Å². The van der Waals surface area contributed by atoms with Crippen LogP contribution in [0, 0.1) is 11.3 Å². The molecule has 2 rings (SSSR count). The molecule has 0 aliphatic heterocycles. The van der Waals surface area contributed by atoms with Gasteiger partial charge in [-0.1, -0.05) is 15.9 Å². The minimum atomic E-state index is -0.417. The van der Waals surface area contributed by atoms with Crippen molar-refractivity contribution in [3.8, 4) is 6.07 Å². The molecule has 1 N–H and O–H groups in total. The molecular weight excluding hydrogens is 404 g/mol. The van der Waals surface area contributed by atoms with Gasteiger partial charge in [-0.15, -0.1) is 11.3 Å². The van der Waals surface area contributed by atoms with E-state index in [4.69, 9.17) is 5.26 Å². The number of carbonyl (C=O) groups is 1. The minimum Gasteiger partial charge on any atom is -0.321 e. The third kappa shape index (κ3) is 4.04. The predicted octanol–water partition coefficient (Wildman–Crippen LogP) is 4.82. The molecule has 2 aromatic rings. The second-order valence-electron chi connectivity index (χ2n) is 3.77. The Morgan fingerprint density at radius 1 is 1.20 bits per heavy atom. The molecule has 100 valence electrons. The van der Waals surface area contributed by atoms with Crippen LogP contribution < -0.4 is 5.32 Å². The molecular formula is C14H8Br2N2OS. The maximum absolute atomic E-state index is 12.0. The zero-order valence-electron chi connectivity index (χ0n) is 10.1. The van der Waals surface area contributed by atoms with Crippen LogP contribution in [0.4, 0.5) is 5.69 Å². The van der Waals surface area contributed by atoms with E-state index in [2.05, 4.69) is 37.2 Å². The smallest absolute Gasteiger partial charge is 0.266 e. The summed E-state index contributed by atoms with van der Waals surface area (Å²) in [4.78, 5) is 12.9. The van der Waals surface area contributed by atoms with Gasteiger partial charge in [0.25, 0.3) is 5.91 Å². The van der Waals surface area contributed by atoms with Crippen LogP contribution >= 0.6 is 43.2 Å². The van der Waals surface area contributed by atoms with Crippen LogP contribution in [0.2, 0.25) is 0 Å². The first-order valence-corrected chi connectivity index (χ1v) is 7.93. The van der Waals surface area contributed by atoms with Crippen molar-refractivity contribution >= 4 is 60.9 Å². The van der Waals surface area contributed by atoms with Gasteiger partial charge in [0.15, 0.2) is 0 Å². The number of thiophene rings is 1. The molecule has 0 saturated heterocycles. The van der Waals surface area contributed by atoms with Crippen LogP contribution in [0.25, 0.3) is 6.08 Å². The molecule has 0 aliphatic carbocycles. The lowest BCUT2D eigenvalue weighted by Crippen LogP contribution is -2.13. The van der Waals surface area contributed by atoms with Crippen molar-refractivity contribution in [1.29, 1.82) is 5.26 Å². The molecule has 1 aromatic heterocycles. The van der Waals surface area contributed by atoms with Gasteiger partial charge in [-0.3, -0.25) is 4.79 Å². The van der Waals surface area contributed by atoms with Gasteiger partial charge in [-0.2, -0.15) is 5.26 Å². The van der Waals surface area contributed by atoms with E-state index < -0.39 is 5.91 Å². The number of rotatable bonds is 3. The van der Waals surface area contributed by atoms with Gasteiger partial charge in [0.1, 0.15) is 11.6 Å². The number of hydrogen-bond acceptors (Lipinski definition) is 3. The lowest BCUT2D eigenvalue weighted by atomic mass is 10.2. The fraction of sp³-hybridized carbons (Fsp3) is 0. The fourth-order valence-electron chi connectivity index (χ4n) is 1.43. The maximum atomic E-state index is 12.0. The number of nitrogens with zero attached hydrogens (tertiary/aromatic N) is 1. The molecule has 0 atom stereocenters. The van der Waals surface area contributed by atoms with Gasteiger partial charge in [0.05, 0.1) is 3.79 Å². The molecule has 1 amide bonds. The summed E-state index contributed by atoms with van der Waals surface area (Å²) in [5, 5.41) is 11.8. The summed E-state index contributed by atoms with van der Waals surface area (Å²) in [5.41, 5.74) is 0.717. The third-order valence-electron chi connectivity index (χ3n) is 2.35. The highest BCUT2D eigenvalue weighted by Gasteiger charge is 2.10. The van der Waals surface area contributed by atoms with Gasteiger partial charge in [0.2, 0.25) is 0 Å². The largest absolute Gasteiger partial charge is 0.321 e. The summed E-state index contributed by atoms with van der Waals surface area (Å²) < 4.78 is 1.88. The maximum Gasteiger partial charge on any atom is 0.266 e. The quantitative estimate of drug-likeness (QED) is 0.581. The van der Waals surface area contributed by atoms with E-state index in [0.29, 0.717) is 5.69 Å². The summed E-state index contributed by atoms with van der Waals surface area (Å²) >= 11 is 8.12. The van der Waals surface area contributed by atoms with Gasteiger partial charge in [-0.05, 0) is 58.4 Å². The first-order chi connectivity index (χ1) is 9.58. The number of amides is 1. The minimum absolute atomic E-state index is 0.0715. The topological polar surface area (TPSA) is 52.9 Å². The summed E-state index contributed by atoms with van der Waals surface area (Å²) in [6, 6.07) is 12.8. The molecule has 0 bridgehead atoms. The summed E-state index contributed by atoms with van der Waals surface area (Å²) in [6.07, 6.45) is 1.57. The average Bonchev–Trinajstić information content (AvgIpc) is 2.84. The van der Waals surface area contributed by atoms with E-state index in [0.717, 1.165) is 13.1 Å². The molecule has 0 spiro atoms. The highest BCUT2D eigenvalue weighted by molar-refractivity contribution is 9.11. The van der Waals surface area contributed by atoms with Crippen LogP contribution in [0.5, 0.6) is 0 Å². The Hall–Kier alpha value is -1.42. The van der Waals surface area contributed by atoms with Crippen LogP contribution in [0.3, 0.4) is 0 Å². The Morgan fingerprint density at radius 2 is 1.90 bits per heavy atom. The second-order valence-corrected chi connectivity index (χ2v) is 7.18. The molecule has 0 radical (unpaired) electrons. The molecule has 0 aliphatic rings. The lowest BCUT2D eigenvalue weighted by Gasteiger charge is -2.03. The Bertz CT molecular complexity index is 699. The number of carbonyl (C=O) groups excluding carboxylic acids is 1. The van der Waals surface area contributed by atoms with Crippen molar-refractivity contribution in [2.75, 3.05) is 5.32 Å². The van der Waals surface area contributed by atoms with E-state index >= 15 is 0 Å². The molecule has 0 saturated carbocycles. The van der Waals surface area contributed by atoms with Crippen LogP contribution in [-0.2, 0) is 4.79 Å². The Balaban J connectivity index is 2.16.